The molecular weight excluding hydrogens is 242 g/mol. The van der Waals surface area contributed by atoms with Crippen LogP contribution in [0.1, 0.15) is 28.9 Å². The second-order valence-corrected chi connectivity index (χ2v) is 4.37. The Kier molecular flexibility index (Phi) is 5.48. The van der Waals surface area contributed by atoms with Crippen LogP contribution in [0.5, 0.6) is 5.75 Å². The number of unbranched alkanes of at least 4 members (excludes halogenated alkanes) is 1. The van der Waals surface area contributed by atoms with Crippen molar-refractivity contribution < 1.29 is 19.4 Å². The van der Waals surface area contributed by atoms with E-state index >= 15 is 0 Å². The Hall–Kier alpha value is -1.56. The second kappa shape index (κ2) is 6.90. The second-order valence-electron chi connectivity index (χ2n) is 3.46. The molecule has 0 unspecified atom stereocenters. The van der Waals surface area contributed by atoms with Crippen molar-refractivity contribution in [2.24, 2.45) is 0 Å². The van der Waals surface area contributed by atoms with Gasteiger partial charge in [-0.25, -0.2) is 0 Å². The largest absolute Gasteiger partial charge is 0.496 e. The third-order valence-electron chi connectivity index (χ3n) is 2.14. The number of aliphatic carboxylic acids is 1. The van der Waals surface area contributed by atoms with E-state index in [9.17, 15) is 9.59 Å². The van der Waals surface area contributed by atoms with E-state index in [1.165, 1.54) is 11.3 Å². The van der Waals surface area contributed by atoms with Gasteiger partial charge in [0.15, 0.2) is 0 Å². The maximum Gasteiger partial charge on any atom is 0.303 e. The van der Waals surface area contributed by atoms with Crippen LogP contribution in [0.4, 0.5) is 0 Å². The van der Waals surface area contributed by atoms with Crippen molar-refractivity contribution in [1.82, 2.24) is 5.32 Å². The van der Waals surface area contributed by atoms with Gasteiger partial charge in [-0.3, -0.25) is 9.59 Å². The summed E-state index contributed by atoms with van der Waals surface area (Å²) in [6.45, 7) is 0.492. The highest BCUT2D eigenvalue weighted by Crippen LogP contribution is 2.20. The van der Waals surface area contributed by atoms with Crippen molar-refractivity contribution in [3.8, 4) is 5.75 Å². The Morgan fingerprint density at radius 2 is 2.24 bits per heavy atom. The molecule has 0 aliphatic rings. The fraction of sp³-hybridized carbons (Fsp3) is 0.455. The van der Waals surface area contributed by atoms with Crippen molar-refractivity contribution in [1.29, 1.82) is 0 Å². The van der Waals surface area contributed by atoms with Crippen molar-refractivity contribution >= 4 is 23.2 Å². The topological polar surface area (TPSA) is 75.6 Å². The number of methoxy groups -OCH3 is 1. The lowest BCUT2D eigenvalue weighted by Crippen LogP contribution is -2.23. The van der Waals surface area contributed by atoms with E-state index in [1.807, 2.05) is 0 Å². The van der Waals surface area contributed by atoms with Crippen LogP contribution in [0.2, 0.25) is 0 Å². The molecule has 0 atom stereocenters. The standard InChI is InChI=1S/C11H15NO4S/c1-16-8-6-9(17-7-8)11(15)12-5-3-2-4-10(13)14/h6-7H,2-5H2,1H3,(H,12,15)(H,13,14). The van der Waals surface area contributed by atoms with Crippen molar-refractivity contribution in [3.63, 3.8) is 0 Å². The minimum absolute atomic E-state index is 0.142. The van der Waals surface area contributed by atoms with Crippen LogP contribution in [0.3, 0.4) is 0 Å². The highest BCUT2D eigenvalue weighted by molar-refractivity contribution is 7.12. The zero-order valence-corrected chi connectivity index (χ0v) is 10.4. The van der Waals surface area contributed by atoms with E-state index < -0.39 is 5.97 Å². The van der Waals surface area contributed by atoms with Gasteiger partial charge in [0, 0.05) is 24.4 Å². The molecule has 0 saturated heterocycles. The summed E-state index contributed by atoms with van der Waals surface area (Å²) in [6, 6.07) is 1.68. The summed E-state index contributed by atoms with van der Waals surface area (Å²) in [5.41, 5.74) is 0. The minimum Gasteiger partial charge on any atom is -0.496 e. The van der Waals surface area contributed by atoms with Gasteiger partial charge < -0.3 is 15.2 Å². The first-order valence-corrected chi connectivity index (χ1v) is 6.14. The van der Waals surface area contributed by atoms with Crippen molar-refractivity contribution in [2.75, 3.05) is 13.7 Å². The maximum atomic E-state index is 11.6. The quantitative estimate of drug-likeness (QED) is 0.729. The molecule has 1 amide bonds. The molecule has 1 heterocycles. The maximum absolute atomic E-state index is 11.6. The average Bonchev–Trinajstić information content (AvgIpc) is 2.76. The first-order valence-electron chi connectivity index (χ1n) is 5.26. The first-order chi connectivity index (χ1) is 8.13. The number of ether oxygens (including phenoxy) is 1. The van der Waals surface area contributed by atoms with E-state index in [0.29, 0.717) is 30.0 Å². The molecule has 0 aromatic carbocycles. The number of carbonyl (C=O) groups excluding carboxylic acids is 1. The van der Waals surface area contributed by atoms with Gasteiger partial charge in [-0.15, -0.1) is 11.3 Å². The number of hydrogen-bond acceptors (Lipinski definition) is 4. The molecule has 2 N–H and O–H groups in total. The Morgan fingerprint density at radius 1 is 1.47 bits per heavy atom. The highest BCUT2D eigenvalue weighted by Gasteiger charge is 2.08. The predicted molar refractivity (Wildman–Crippen MR) is 64.7 cm³/mol. The Labute approximate surface area is 103 Å². The van der Waals surface area contributed by atoms with Crippen LogP contribution in [0.15, 0.2) is 11.4 Å². The molecule has 1 rings (SSSR count). The fourth-order valence-electron chi connectivity index (χ4n) is 1.24. The SMILES string of the molecule is COc1csc(C(=O)NCCCCC(=O)O)c1. The molecule has 94 valence electrons. The third kappa shape index (κ3) is 4.86. The monoisotopic (exact) mass is 257 g/mol. The highest BCUT2D eigenvalue weighted by atomic mass is 32.1. The van der Waals surface area contributed by atoms with Gasteiger partial charge in [-0.05, 0) is 12.8 Å². The van der Waals surface area contributed by atoms with E-state index in [4.69, 9.17) is 9.84 Å². The molecule has 5 nitrogen and oxygen atoms in total. The minimum atomic E-state index is -0.806. The van der Waals surface area contributed by atoms with Gasteiger partial charge in [-0.2, -0.15) is 0 Å². The van der Waals surface area contributed by atoms with Crippen LogP contribution < -0.4 is 10.1 Å². The summed E-state index contributed by atoms with van der Waals surface area (Å²) in [6.07, 6.45) is 1.38. The number of carboxylic acid groups (broad SMARTS) is 1. The molecule has 0 saturated carbocycles. The number of carbonyl (C=O) groups is 2. The van der Waals surface area contributed by atoms with Gasteiger partial charge in [0.05, 0.1) is 12.0 Å². The lowest BCUT2D eigenvalue weighted by Gasteiger charge is -2.02. The van der Waals surface area contributed by atoms with E-state index in [1.54, 1.807) is 18.6 Å². The molecule has 0 fully saturated rings. The van der Waals surface area contributed by atoms with Crippen molar-refractivity contribution in [3.05, 3.63) is 16.3 Å². The van der Waals surface area contributed by atoms with Crippen LogP contribution in [-0.2, 0) is 4.79 Å². The van der Waals surface area contributed by atoms with E-state index in [0.717, 1.165) is 0 Å². The van der Waals surface area contributed by atoms with Gasteiger partial charge >= 0.3 is 5.97 Å². The molecule has 6 heteroatoms. The smallest absolute Gasteiger partial charge is 0.303 e. The number of rotatable bonds is 7. The fourth-order valence-corrected chi connectivity index (χ4v) is 2.01. The normalized spacial score (nSPS) is 9.94. The van der Waals surface area contributed by atoms with Gasteiger partial charge in [0.1, 0.15) is 5.75 Å². The van der Waals surface area contributed by atoms with Crippen LogP contribution in [-0.4, -0.2) is 30.6 Å². The average molecular weight is 257 g/mol. The number of nitrogens with one attached hydrogen (secondary N) is 1. The van der Waals surface area contributed by atoms with Crippen molar-refractivity contribution in [2.45, 2.75) is 19.3 Å². The Morgan fingerprint density at radius 3 is 2.82 bits per heavy atom. The number of carboxylic acids is 1. The lowest BCUT2D eigenvalue weighted by atomic mass is 10.2. The van der Waals surface area contributed by atoms with Crippen LogP contribution in [0, 0.1) is 0 Å². The summed E-state index contributed by atoms with van der Waals surface area (Å²) in [7, 11) is 1.55. The summed E-state index contributed by atoms with van der Waals surface area (Å²) < 4.78 is 4.98. The number of thiophene rings is 1. The van der Waals surface area contributed by atoms with Crippen LogP contribution in [0.25, 0.3) is 0 Å². The molecule has 0 bridgehead atoms. The summed E-state index contributed by atoms with van der Waals surface area (Å²) in [5, 5.41) is 12.9. The van der Waals surface area contributed by atoms with E-state index in [2.05, 4.69) is 5.32 Å². The van der Waals surface area contributed by atoms with Gasteiger partial charge in [-0.1, -0.05) is 0 Å². The van der Waals surface area contributed by atoms with Crippen LogP contribution >= 0.6 is 11.3 Å². The molecule has 1 aromatic heterocycles. The number of hydrogen-bond donors (Lipinski definition) is 2. The van der Waals surface area contributed by atoms with Gasteiger partial charge in [0.25, 0.3) is 5.91 Å². The zero-order chi connectivity index (χ0) is 12.7. The predicted octanol–water partition coefficient (Wildman–Crippen LogP) is 1.74. The summed E-state index contributed by atoms with van der Waals surface area (Å²) in [5.74, 6) is -0.279. The molecule has 0 radical (unpaired) electrons. The lowest BCUT2D eigenvalue weighted by molar-refractivity contribution is -0.137. The zero-order valence-electron chi connectivity index (χ0n) is 9.56. The molecule has 1 aromatic rings. The molecule has 0 aliphatic heterocycles. The summed E-state index contributed by atoms with van der Waals surface area (Å²) >= 11 is 1.32. The molecule has 0 spiro atoms. The van der Waals surface area contributed by atoms with Gasteiger partial charge in [0.2, 0.25) is 0 Å². The molecular formula is C11H15NO4S. The molecule has 0 aliphatic carbocycles. The third-order valence-corrected chi connectivity index (χ3v) is 3.05. The molecule has 17 heavy (non-hydrogen) atoms. The Bertz CT molecular complexity index is 389. The number of amides is 1. The first kappa shape index (κ1) is 13.5. The Balaban J connectivity index is 2.23. The van der Waals surface area contributed by atoms with E-state index in [-0.39, 0.29) is 12.3 Å². The summed E-state index contributed by atoms with van der Waals surface area (Å²) in [4.78, 5) is 22.4.